The summed E-state index contributed by atoms with van der Waals surface area (Å²) in [5.41, 5.74) is 1.75. The minimum absolute atomic E-state index is 0.225. The van der Waals surface area contributed by atoms with Gasteiger partial charge in [0.05, 0.1) is 6.26 Å². The zero-order chi connectivity index (χ0) is 17.6. The fourth-order valence-electron chi connectivity index (χ4n) is 2.10. The number of amides is 3. The Balaban J connectivity index is 1.57. The maximum absolute atomic E-state index is 12.0. The predicted octanol–water partition coefficient (Wildman–Crippen LogP) is 4.83. The maximum atomic E-state index is 12.0. The van der Waals surface area contributed by atoms with E-state index in [9.17, 15) is 9.59 Å². The molecule has 25 heavy (non-hydrogen) atoms. The van der Waals surface area contributed by atoms with Crippen LogP contribution in [0, 0.1) is 0 Å². The van der Waals surface area contributed by atoms with E-state index in [1.165, 1.54) is 6.26 Å². The van der Waals surface area contributed by atoms with Gasteiger partial charge in [0.1, 0.15) is 0 Å². The molecule has 0 saturated carbocycles. The van der Waals surface area contributed by atoms with Crippen LogP contribution in [0.25, 0.3) is 0 Å². The van der Waals surface area contributed by atoms with Gasteiger partial charge >= 0.3 is 6.03 Å². The summed E-state index contributed by atoms with van der Waals surface area (Å²) in [5, 5.41) is 8.61. The van der Waals surface area contributed by atoms with Crippen LogP contribution < -0.4 is 16.0 Å². The highest BCUT2D eigenvalue weighted by atomic mass is 35.5. The second-order valence-corrected chi connectivity index (χ2v) is 5.53. The molecule has 3 N–H and O–H groups in total. The number of hydrogen-bond acceptors (Lipinski definition) is 3. The number of urea groups is 1. The largest absolute Gasteiger partial charge is 0.459 e. The average Bonchev–Trinajstić information content (AvgIpc) is 3.11. The quantitative estimate of drug-likeness (QED) is 0.626. The molecule has 0 unspecified atom stereocenters. The van der Waals surface area contributed by atoms with Crippen molar-refractivity contribution in [1.29, 1.82) is 0 Å². The minimum atomic E-state index is -0.394. The Hall–Kier alpha value is -3.25. The summed E-state index contributed by atoms with van der Waals surface area (Å²) >= 11 is 5.87. The minimum Gasteiger partial charge on any atom is -0.459 e. The van der Waals surface area contributed by atoms with Crippen LogP contribution in [0.4, 0.5) is 21.9 Å². The van der Waals surface area contributed by atoms with Crippen molar-refractivity contribution in [2.24, 2.45) is 0 Å². The molecular weight excluding hydrogens is 342 g/mol. The third-order valence-corrected chi connectivity index (χ3v) is 3.46. The number of benzene rings is 2. The Labute approximate surface area is 148 Å². The van der Waals surface area contributed by atoms with Crippen molar-refractivity contribution in [1.82, 2.24) is 0 Å². The molecule has 0 aliphatic heterocycles. The summed E-state index contributed by atoms with van der Waals surface area (Å²) in [6.07, 6.45) is 1.43. The number of hydrogen-bond donors (Lipinski definition) is 3. The Bertz CT molecular complexity index is 877. The first-order chi connectivity index (χ1) is 12.1. The van der Waals surface area contributed by atoms with E-state index in [1.54, 1.807) is 60.7 Å². The predicted molar refractivity (Wildman–Crippen MR) is 97.2 cm³/mol. The summed E-state index contributed by atoms with van der Waals surface area (Å²) in [5.74, 6) is -0.118. The molecule has 1 aromatic heterocycles. The number of carbonyl (C=O) groups excluding carboxylic acids is 2. The molecule has 0 saturated heterocycles. The van der Waals surface area contributed by atoms with Gasteiger partial charge in [-0.25, -0.2) is 4.79 Å². The standard InChI is InChI=1S/C18H14ClN3O3/c19-12-3-1-4-15(11-12)22-18(24)21-14-8-6-13(7-9-14)20-17(23)16-5-2-10-25-16/h1-11H,(H,20,23)(H2,21,22,24). The van der Waals surface area contributed by atoms with E-state index in [2.05, 4.69) is 16.0 Å². The molecule has 0 bridgehead atoms. The number of rotatable bonds is 4. The van der Waals surface area contributed by atoms with Crippen LogP contribution >= 0.6 is 11.6 Å². The molecule has 7 heteroatoms. The number of anilines is 3. The summed E-state index contributed by atoms with van der Waals surface area (Å²) in [6.45, 7) is 0. The molecule has 3 amide bonds. The normalized spacial score (nSPS) is 10.1. The van der Waals surface area contributed by atoms with Gasteiger partial charge in [-0.05, 0) is 54.6 Å². The molecule has 2 aromatic carbocycles. The summed E-state index contributed by atoms with van der Waals surface area (Å²) < 4.78 is 5.02. The van der Waals surface area contributed by atoms with Crippen LogP contribution in [0.5, 0.6) is 0 Å². The van der Waals surface area contributed by atoms with E-state index in [0.717, 1.165) is 0 Å². The third-order valence-electron chi connectivity index (χ3n) is 3.23. The van der Waals surface area contributed by atoms with Crippen molar-refractivity contribution in [3.8, 4) is 0 Å². The lowest BCUT2D eigenvalue weighted by Crippen LogP contribution is -2.19. The molecule has 3 rings (SSSR count). The number of carbonyl (C=O) groups is 2. The molecule has 0 aliphatic rings. The van der Waals surface area contributed by atoms with Crippen molar-refractivity contribution in [2.45, 2.75) is 0 Å². The van der Waals surface area contributed by atoms with Crippen LogP contribution in [0.3, 0.4) is 0 Å². The first kappa shape index (κ1) is 16.6. The first-order valence-corrected chi connectivity index (χ1v) is 7.76. The monoisotopic (exact) mass is 355 g/mol. The van der Waals surface area contributed by atoms with Crippen LogP contribution in [-0.4, -0.2) is 11.9 Å². The van der Waals surface area contributed by atoms with E-state index in [0.29, 0.717) is 22.1 Å². The molecular formula is C18H14ClN3O3. The van der Waals surface area contributed by atoms with Gasteiger partial charge in [-0.2, -0.15) is 0 Å². The maximum Gasteiger partial charge on any atom is 0.323 e. The number of nitrogens with one attached hydrogen (secondary N) is 3. The van der Waals surface area contributed by atoms with Gasteiger partial charge in [-0.1, -0.05) is 17.7 Å². The zero-order valence-electron chi connectivity index (χ0n) is 13.0. The molecule has 1 heterocycles. The van der Waals surface area contributed by atoms with Gasteiger partial charge in [0, 0.05) is 22.1 Å². The molecule has 0 aliphatic carbocycles. The summed E-state index contributed by atoms with van der Waals surface area (Å²) in [6, 6.07) is 16.4. The molecule has 0 radical (unpaired) electrons. The summed E-state index contributed by atoms with van der Waals surface area (Å²) in [4.78, 5) is 23.8. The van der Waals surface area contributed by atoms with Crippen LogP contribution in [0.2, 0.25) is 5.02 Å². The molecule has 0 spiro atoms. The van der Waals surface area contributed by atoms with Crippen molar-refractivity contribution in [2.75, 3.05) is 16.0 Å². The molecule has 3 aromatic rings. The fraction of sp³-hybridized carbons (Fsp3) is 0. The molecule has 0 atom stereocenters. The summed E-state index contributed by atoms with van der Waals surface area (Å²) in [7, 11) is 0. The van der Waals surface area contributed by atoms with Gasteiger partial charge < -0.3 is 20.4 Å². The number of halogens is 1. The molecule has 126 valence electrons. The lowest BCUT2D eigenvalue weighted by molar-refractivity contribution is 0.0996. The SMILES string of the molecule is O=C(Nc1ccc(NC(=O)c2ccco2)cc1)Nc1cccc(Cl)c1. The third kappa shape index (κ3) is 4.62. The second-order valence-electron chi connectivity index (χ2n) is 5.10. The van der Waals surface area contributed by atoms with Gasteiger partial charge in [0.15, 0.2) is 5.76 Å². The van der Waals surface area contributed by atoms with Gasteiger partial charge in [0.2, 0.25) is 0 Å². The Kier molecular flexibility index (Phi) is 5.01. The average molecular weight is 356 g/mol. The first-order valence-electron chi connectivity index (χ1n) is 7.39. The molecule has 0 fully saturated rings. The van der Waals surface area contributed by atoms with Crippen molar-refractivity contribution in [3.05, 3.63) is 77.7 Å². The van der Waals surface area contributed by atoms with Gasteiger partial charge in [-0.15, -0.1) is 0 Å². The van der Waals surface area contributed by atoms with Crippen LogP contribution in [-0.2, 0) is 0 Å². The van der Waals surface area contributed by atoms with Crippen LogP contribution in [0.15, 0.2) is 71.3 Å². The van der Waals surface area contributed by atoms with Gasteiger partial charge in [-0.3, -0.25) is 4.79 Å². The Morgan fingerprint density at radius 1 is 0.800 bits per heavy atom. The zero-order valence-corrected chi connectivity index (χ0v) is 13.7. The fourth-order valence-corrected chi connectivity index (χ4v) is 2.29. The van der Waals surface area contributed by atoms with E-state index >= 15 is 0 Å². The Morgan fingerprint density at radius 2 is 1.48 bits per heavy atom. The highest BCUT2D eigenvalue weighted by Gasteiger charge is 2.09. The van der Waals surface area contributed by atoms with E-state index in [-0.39, 0.29) is 11.7 Å². The lowest BCUT2D eigenvalue weighted by Gasteiger charge is -2.09. The van der Waals surface area contributed by atoms with Crippen LogP contribution in [0.1, 0.15) is 10.6 Å². The van der Waals surface area contributed by atoms with Crippen molar-refractivity contribution >= 4 is 40.6 Å². The van der Waals surface area contributed by atoms with Crippen molar-refractivity contribution < 1.29 is 14.0 Å². The number of furan rings is 1. The van der Waals surface area contributed by atoms with E-state index in [1.807, 2.05) is 0 Å². The van der Waals surface area contributed by atoms with Crippen molar-refractivity contribution in [3.63, 3.8) is 0 Å². The highest BCUT2D eigenvalue weighted by Crippen LogP contribution is 2.17. The smallest absolute Gasteiger partial charge is 0.323 e. The van der Waals surface area contributed by atoms with Gasteiger partial charge in [0.25, 0.3) is 5.91 Å². The highest BCUT2D eigenvalue weighted by molar-refractivity contribution is 6.30. The Morgan fingerprint density at radius 3 is 2.12 bits per heavy atom. The van der Waals surface area contributed by atoms with E-state index in [4.69, 9.17) is 16.0 Å². The van der Waals surface area contributed by atoms with E-state index < -0.39 is 6.03 Å². The second kappa shape index (κ2) is 7.55. The lowest BCUT2D eigenvalue weighted by atomic mass is 10.2. The molecule has 6 nitrogen and oxygen atoms in total. The topological polar surface area (TPSA) is 83.4 Å².